The van der Waals surface area contributed by atoms with Crippen molar-refractivity contribution in [3.63, 3.8) is 0 Å². The second-order valence-electron chi connectivity index (χ2n) is 9.88. The smallest absolute Gasteiger partial charge is 0.307 e. The van der Waals surface area contributed by atoms with Gasteiger partial charge in [-0.25, -0.2) is 4.98 Å². The molecular weight excluding hydrogens is 568 g/mol. The van der Waals surface area contributed by atoms with Crippen molar-refractivity contribution >= 4 is 35.3 Å². The highest BCUT2D eigenvalue weighted by Crippen LogP contribution is 2.17. The molecule has 0 aliphatic heterocycles. The average molecular weight is 607 g/mol. The molecular formula is C32H38N4O8. The van der Waals surface area contributed by atoms with E-state index in [1.54, 1.807) is 37.6 Å². The highest BCUT2D eigenvalue weighted by Gasteiger charge is 2.19. The van der Waals surface area contributed by atoms with Crippen LogP contribution in [0.25, 0.3) is 0 Å². The minimum absolute atomic E-state index is 0.0321. The number of pyridine rings is 1. The van der Waals surface area contributed by atoms with E-state index in [1.165, 1.54) is 13.2 Å². The lowest BCUT2D eigenvalue weighted by molar-refractivity contribution is -0.141. The molecule has 44 heavy (non-hydrogen) atoms. The van der Waals surface area contributed by atoms with Gasteiger partial charge in [0.15, 0.2) is 0 Å². The molecule has 12 heteroatoms. The van der Waals surface area contributed by atoms with E-state index in [4.69, 9.17) is 19.3 Å². The van der Waals surface area contributed by atoms with E-state index in [0.717, 1.165) is 23.6 Å². The molecule has 2 aromatic carbocycles. The van der Waals surface area contributed by atoms with Gasteiger partial charge in [0, 0.05) is 48.9 Å². The lowest BCUT2D eigenvalue weighted by Gasteiger charge is -2.18. The number of aliphatic carboxylic acids is 1. The Labute approximate surface area is 256 Å². The molecule has 0 radical (unpaired) electrons. The fourth-order valence-electron chi connectivity index (χ4n) is 4.21. The number of amides is 2. The monoisotopic (exact) mass is 606 g/mol. The predicted molar refractivity (Wildman–Crippen MR) is 164 cm³/mol. The Balaban J connectivity index is 1.51. The van der Waals surface area contributed by atoms with Crippen LogP contribution in [0.5, 0.6) is 11.5 Å². The van der Waals surface area contributed by atoms with E-state index in [9.17, 15) is 19.2 Å². The van der Waals surface area contributed by atoms with Crippen LogP contribution in [0.1, 0.15) is 48.0 Å². The zero-order valence-corrected chi connectivity index (χ0v) is 24.8. The fourth-order valence-corrected chi connectivity index (χ4v) is 4.21. The molecule has 0 spiro atoms. The average Bonchev–Trinajstić information content (AvgIpc) is 3.01. The van der Waals surface area contributed by atoms with Crippen LogP contribution in [-0.4, -0.2) is 67.3 Å². The van der Waals surface area contributed by atoms with Crippen LogP contribution in [0.2, 0.25) is 0 Å². The molecule has 0 saturated heterocycles. The third kappa shape index (κ3) is 12.0. The molecule has 2 amide bonds. The summed E-state index contributed by atoms with van der Waals surface area (Å²) < 4.78 is 15.9. The second-order valence-corrected chi connectivity index (χ2v) is 9.88. The first-order valence-corrected chi connectivity index (χ1v) is 14.2. The zero-order chi connectivity index (χ0) is 31.7. The quantitative estimate of drug-likeness (QED) is 0.123. The number of benzene rings is 2. The maximum atomic E-state index is 13.1. The third-order valence-corrected chi connectivity index (χ3v) is 6.45. The normalized spacial score (nSPS) is 11.1. The van der Waals surface area contributed by atoms with Gasteiger partial charge in [-0.3, -0.25) is 19.2 Å². The number of carbonyl (C=O) groups is 4. The van der Waals surface area contributed by atoms with Gasteiger partial charge in [-0.05, 0) is 61.2 Å². The maximum Gasteiger partial charge on any atom is 0.307 e. The van der Waals surface area contributed by atoms with E-state index >= 15 is 0 Å². The summed E-state index contributed by atoms with van der Waals surface area (Å²) in [6.07, 6.45) is 2.93. The summed E-state index contributed by atoms with van der Waals surface area (Å²) in [7, 11) is 2.90. The molecule has 3 rings (SSSR count). The van der Waals surface area contributed by atoms with Crippen molar-refractivity contribution in [2.45, 2.75) is 44.6 Å². The highest BCUT2D eigenvalue weighted by atomic mass is 16.5. The Morgan fingerprint density at radius 2 is 1.73 bits per heavy atom. The van der Waals surface area contributed by atoms with E-state index in [1.807, 2.05) is 30.3 Å². The third-order valence-electron chi connectivity index (χ3n) is 6.45. The molecule has 0 fully saturated rings. The molecule has 234 valence electrons. The van der Waals surface area contributed by atoms with Crippen LogP contribution in [0.15, 0.2) is 66.9 Å². The topological polar surface area (TPSA) is 165 Å². The molecule has 1 aromatic heterocycles. The minimum Gasteiger partial charge on any atom is -0.497 e. The van der Waals surface area contributed by atoms with E-state index in [0.29, 0.717) is 36.6 Å². The lowest BCUT2D eigenvalue weighted by atomic mass is 10.0. The molecule has 0 unspecified atom stereocenters. The van der Waals surface area contributed by atoms with Crippen LogP contribution in [0, 0.1) is 0 Å². The number of nitrogens with one attached hydrogen (secondary N) is 3. The summed E-state index contributed by atoms with van der Waals surface area (Å²) in [5.41, 5.74) is 1.59. The number of methoxy groups -OCH3 is 2. The first-order valence-electron chi connectivity index (χ1n) is 14.2. The summed E-state index contributed by atoms with van der Waals surface area (Å²) in [6, 6.07) is 16.9. The molecule has 12 nitrogen and oxygen atoms in total. The van der Waals surface area contributed by atoms with Crippen molar-refractivity contribution in [1.82, 2.24) is 10.3 Å². The molecule has 3 aromatic rings. The summed E-state index contributed by atoms with van der Waals surface area (Å²) in [6.45, 7) is 1.18. The number of esters is 1. The number of carboxylic acid groups (broad SMARTS) is 1. The van der Waals surface area contributed by atoms with Gasteiger partial charge in [0.2, 0.25) is 5.91 Å². The molecule has 0 bridgehead atoms. The number of nitrogens with zero attached hydrogens (tertiary/aromatic N) is 1. The highest BCUT2D eigenvalue weighted by molar-refractivity contribution is 5.97. The molecule has 0 saturated carbocycles. The largest absolute Gasteiger partial charge is 0.497 e. The summed E-state index contributed by atoms with van der Waals surface area (Å²) in [5, 5.41) is 17.5. The Morgan fingerprint density at radius 3 is 2.45 bits per heavy atom. The number of rotatable bonds is 18. The van der Waals surface area contributed by atoms with Crippen molar-refractivity contribution in [3.05, 3.63) is 78.0 Å². The molecule has 4 N–H and O–H groups in total. The summed E-state index contributed by atoms with van der Waals surface area (Å²) >= 11 is 0. The zero-order valence-electron chi connectivity index (χ0n) is 24.8. The van der Waals surface area contributed by atoms with Crippen LogP contribution in [-0.2, 0) is 25.5 Å². The number of hydrogen-bond donors (Lipinski definition) is 4. The molecule has 1 heterocycles. The number of aromatic nitrogens is 1. The number of carbonyl (C=O) groups excluding carboxylic acids is 3. The van der Waals surface area contributed by atoms with Gasteiger partial charge in [0.1, 0.15) is 17.3 Å². The Bertz CT molecular complexity index is 1400. The predicted octanol–water partition coefficient (Wildman–Crippen LogP) is 4.07. The van der Waals surface area contributed by atoms with Crippen LogP contribution < -0.4 is 25.4 Å². The standard InChI is InChI=1S/C32H38N4O8/c1-42-27-14-16-34-28(21-27)33-15-5-17-44-26-12-10-22(11-13-26)18-25(20-31(40)43-2)36-32(41)23-6-3-7-24(19-23)35-29(37)8-4-9-30(38)39/h3,6-7,10-14,16,19,21,25H,4-5,8-9,15,17-18,20H2,1-2H3,(H,33,34)(H,35,37)(H,36,41)(H,38,39)/t25-/m0/s1. The van der Waals surface area contributed by atoms with Crippen molar-refractivity contribution < 1.29 is 38.5 Å². The number of hydrogen-bond acceptors (Lipinski definition) is 9. The first-order chi connectivity index (χ1) is 21.2. The summed E-state index contributed by atoms with van der Waals surface area (Å²) in [5.74, 6) is -0.0356. The molecule has 0 aliphatic carbocycles. The van der Waals surface area contributed by atoms with Gasteiger partial charge in [0.05, 0.1) is 27.2 Å². The van der Waals surface area contributed by atoms with Crippen LogP contribution >= 0.6 is 0 Å². The Kier molecular flexibility index (Phi) is 13.5. The Hall–Kier alpha value is -5.13. The maximum absolute atomic E-state index is 13.1. The van der Waals surface area contributed by atoms with E-state index in [-0.39, 0.29) is 31.6 Å². The van der Waals surface area contributed by atoms with Crippen molar-refractivity contribution in [3.8, 4) is 11.5 Å². The summed E-state index contributed by atoms with van der Waals surface area (Å²) in [4.78, 5) is 52.2. The minimum atomic E-state index is -0.967. The lowest BCUT2D eigenvalue weighted by Crippen LogP contribution is -2.38. The number of anilines is 2. The van der Waals surface area contributed by atoms with Crippen molar-refractivity contribution in [1.29, 1.82) is 0 Å². The van der Waals surface area contributed by atoms with Gasteiger partial charge in [0.25, 0.3) is 5.91 Å². The van der Waals surface area contributed by atoms with E-state index in [2.05, 4.69) is 20.9 Å². The van der Waals surface area contributed by atoms with Gasteiger partial charge < -0.3 is 35.3 Å². The van der Waals surface area contributed by atoms with Crippen LogP contribution in [0.4, 0.5) is 11.5 Å². The van der Waals surface area contributed by atoms with Gasteiger partial charge in [-0.2, -0.15) is 0 Å². The van der Waals surface area contributed by atoms with Crippen LogP contribution in [0.3, 0.4) is 0 Å². The van der Waals surface area contributed by atoms with Gasteiger partial charge >= 0.3 is 11.9 Å². The van der Waals surface area contributed by atoms with Crippen molar-refractivity contribution in [2.24, 2.45) is 0 Å². The number of ether oxygens (including phenoxy) is 3. The molecule has 0 aliphatic rings. The van der Waals surface area contributed by atoms with Crippen molar-refractivity contribution in [2.75, 3.05) is 38.0 Å². The SMILES string of the molecule is COC(=O)C[C@H](Cc1ccc(OCCCNc2cc(OC)ccn2)cc1)NC(=O)c1cccc(NC(=O)CCCC(=O)O)c1. The Morgan fingerprint density at radius 1 is 0.932 bits per heavy atom. The van der Waals surface area contributed by atoms with Gasteiger partial charge in [-0.15, -0.1) is 0 Å². The van der Waals surface area contributed by atoms with E-state index < -0.39 is 23.9 Å². The molecule has 1 atom stereocenters. The van der Waals surface area contributed by atoms with Gasteiger partial charge in [-0.1, -0.05) is 18.2 Å². The fraction of sp³-hybridized carbons (Fsp3) is 0.344. The second kappa shape index (κ2) is 17.7. The first kappa shape index (κ1) is 33.4. The number of carboxylic acids is 1.